The number of oxazole rings is 1. The molecule has 2 aromatic rings. The molecular formula is C9H6ClNO2. The summed E-state index contributed by atoms with van der Waals surface area (Å²) < 4.78 is 5.26. The Balaban J connectivity index is 2.63. The number of alkyl halides is 1. The first-order valence-electron chi connectivity index (χ1n) is 3.74. The molecule has 0 atom stereocenters. The molecule has 0 saturated heterocycles. The van der Waals surface area contributed by atoms with E-state index in [0.29, 0.717) is 22.6 Å². The minimum absolute atomic E-state index is 0.241. The van der Waals surface area contributed by atoms with Crippen molar-refractivity contribution in [1.29, 1.82) is 0 Å². The first-order valence-corrected chi connectivity index (χ1v) is 4.27. The summed E-state index contributed by atoms with van der Waals surface area (Å²) in [5, 5.41) is 0. The molecule has 13 heavy (non-hydrogen) atoms. The van der Waals surface area contributed by atoms with Crippen LogP contribution in [0.4, 0.5) is 0 Å². The Morgan fingerprint density at radius 2 is 2.38 bits per heavy atom. The third-order valence-electron chi connectivity index (χ3n) is 1.71. The standard InChI is InChI=1S/C9H6ClNO2/c10-4-9-11-7-3-6(5-12)1-2-8(7)13-9/h1-3,5H,4H2. The van der Waals surface area contributed by atoms with E-state index in [1.165, 1.54) is 0 Å². The van der Waals surface area contributed by atoms with Gasteiger partial charge in [-0.25, -0.2) is 4.98 Å². The molecule has 0 amide bonds. The van der Waals surface area contributed by atoms with Gasteiger partial charge in [-0.3, -0.25) is 4.79 Å². The fraction of sp³-hybridized carbons (Fsp3) is 0.111. The summed E-state index contributed by atoms with van der Waals surface area (Å²) in [5.74, 6) is 0.713. The Hall–Kier alpha value is -1.35. The second kappa shape index (κ2) is 3.18. The lowest BCUT2D eigenvalue weighted by Crippen LogP contribution is -1.78. The summed E-state index contributed by atoms with van der Waals surface area (Å²) in [6.45, 7) is 0. The summed E-state index contributed by atoms with van der Waals surface area (Å²) in [4.78, 5) is 14.5. The second-order valence-electron chi connectivity index (χ2n) is 2.59. The molecule has 1 aromatic carbocycles. The van der Waals surface area contributed by atoms with Crippen molar-refractivity contribution in [3.63, 3.8) is 0 Å². The average Bonchev–Trinajstić information content (AvgIpc) is 2.58. The van der Waals surface area contributed by atoms with Crippen molar-refractivity contribution in [2.75, 3.05) is 0 Å². The van der Waals surface area contributed by atoms with Crippen molar-refractivity contribution in [2.45, 2.75) is 5.88 Å². The number of fused-ring (bicyclic) bond motifs is 1. The lowest BCUT2D eigenvalue weighted by Gasteiger charge is -1.86. The molecule has 0 saturated carbocycles. The zero-order valence-corrected chi connectivity index (χ0v) is 7.41. The minimum Gasteiger partial charge on any atom is -0.439 e. The molecule has 0 spiro atoms. The molecule has 2 rings (SSSR count). The van der Waals surface area contributed by atoms with Gasteiger partial charge in [-0.1, -0.05) is 0 Å². The lowest BCUT2D eigenvalue weighted by molar-refractivity contribution is 0.112. The Labute approximate surface area is 79.3 Å². The number of hydrogen-bond acceptors (Lipinski definition) is 3. The van der Waals surface area contributed by atoms with Gasteiger partial charge in [0.05, 0.1) is 5.88 Å². The molecule has 0 unspecified atom stereocenters. The van der Waals surface area contributed by atoms with Gasteiger partial charge in [0, 0.05) is 5.56 Å². The van der Waals surface area contributed by atoms with Gasteiger partial charge >= 0.3 is 0 Å². The zero-order valence-electron chi connectivity index (χ0n) is 6.66. The third-order valence-corrected chi connectivity index (χ3v) is 1.93. The summed E-state index contributed by atoms with van der Waals surface area (Å²) in [6.07, 6.45) is 0.772. The molecule has 0 aliphatic carbocycles. The van der Waals surface area contributed by atoms with Gasteiger partial charge < -0.3 is 4.42 Å². The van der Waals surface area contributed by atoms with Crippen LogP contribution in [0.5, 0.6) is 0 Å². The molecular weight excluding hydrogens is 190 g/mol. The van der Waals surface area contributed by atoms with E-state index in [1.807, 2.05) is 0 Å². The molecule has 0 fully saturated rings. The molecule has 0 aliphatic rings. The van der Waals surface area contributed by atoms with Gasteiger partial charge in [-0.05, 0) is 18.2 Å². The largest absolute Gasteiger partial charge is 0.439 e. The number of rotatable bonds is 2. The van der Waals surface area contributed by atoms with Gasteiger partial charge in [0.1, 0.15) is 11.8 Å². The van der Waals surface area contributed by atoms with Crippen LogP contribution in [0.15, 0.2) is 22.6 Å². The topological polar surface area (TPSA) is 43.1 Å². The monoisotopic (exact) mass is 195 g/mol. The predicted octanol–water partition coefficient (Wildman–Crippen LogP) is 2.38. The van der Waals surface area contributed by atoms with E-state index < -0.39 is 0 Å². The van der Waals surface area contributed by atoms with Crippen LogP contribution >= 0.6 is 11.6 Å². The molecule has 0 radical (unpaired) electrons. The first-order chi connectivity index (χ1) is 6.33. The van der Waals surface area contributed by atoms with Gasteiger partial charge in [0.2, 0.25) is 5.89 Å². The second-order valence-corrected chi connectivity index (χ2v) is 2.85. The molecule has 0 bridgehead atoms. The molecule has 1 heterocycles. The number of aromatic nitrogens is 1. The maximum absolute atomic E-state index is 10.4. The molecule has 0 N–H and O–H groups in total. The summed E-state index contributed by atoms with van der Waals surface area (Å²) in [7, 11) is 0. The third kappa shape index (κ3) is 1.42. The fourth-order valence-corrected chi connectivity index (χ4v) is 1.24. The van der Waals surface area contributed by atoms with E-state index >= 15 is 0 Å². The Morgan fingerprint density at radius 1 is 1.54 bits per heavy atom. The average molecular weight is 196 g/mol. The van der Waals surface area contributed by atoms with Gasteiger partial charge in [0.15, 0.2) is 5.58 Å². The Morgan fingerprint density at radius 3 is 3.08 bits per heavy atom. The fourth-order valence-electron chi connectivity index (χ4n) is 1.12. The molecule has 3 nitrogen and oxygen atoms in total. The quantitative estimate of drug-likeness (QED) is 0.546. The Kier molecular flexibility index (Phi) is 2.02. The van der Waals surface area contributed by atoms with Crippen molar-refractivity contribution in [1.82, 2.24) is 4.98 Å². The predicted molar refractivity (Wildman–Crippen MR) is 49.0 cm³/mol. The van der Waals surface area contributed by atoms with E-state index in [9.17, 15) is 4.79 Å². The minimum atomic E-state index is 0.241. The van der Waals surface area contributed by atoms with E-state index in [1.54, 1.807) is 18.2 Å². The summed E-state index contributed by atoms with van der Waals surface area (Å²) in [6, 6.07) is 5.06. The Bertz CT molecular complexity index is 450. The van der Waals surface area contributed by atoms with Crippen LogP contribution in [0, 0.1) is 0 Å². The van der Waals surface area contributed by atoms with Crippen LogP contribution in [0.25, 0.3) is 11.1 Å². The maximum Gasteiger partial charge on any atom is 0.210 e. The van der Waals surface area contributed by atoms with Crippen molar-refractivity contribution in [3.05, 3.63) is 29.7 Å². The van der Waals surface area contributed by atoms with Gasteiger partial charge in [0.25, 0.3) is 0 Å². The summed E-state index contributed by atoms with van der Waals surface area (Å²) >= 11 is 5.55. The lowest BCUT2D eigenvalue weighted by atomic mass is 10.2. The number of aldehydes is 1. The number of hydrogen-bond donors (Lipinski definition) is 0. The van der Waals surface area contributed by atoms with Crippen LogP contribution in [0.2, 0.25) is 0 Å². The van der Waals surface area contributed by atoms with Crippen LogP contribution in [-0.2, 0) is 5.88 Å². The molecule has 4 heteroatoms. The first kappa shape index (κ1) is 8.26. The van der Waals surface area contributed by atoms with Crippen molar-refractivity contribution < 1.29 is 9.21 Å². The van der Waals surface area contributed by atoms with Crippen LogP contribution in [0.3, 0.4) is 0 Å². The highest BCUT2D eigenvalue weighted by atomic mass is 35.5. The number of nitrogens with zero attached hydrogens (tertiary/aromatic N) is 1. The molecule has 1 aromatic heterocycles. The van der Waals surface area contributed by atoms with E-state index in [2.05, 4.69) is 4.98 Å². The highest BCUT2D eigenvalue weighted by Crippen LogP contribution is 2.17. The van der Waals surface area contributed by atoms with E-state index in [4.69, 9.17) is 16.0 Å². The maximum atomic E-state index is 10.4. The highest BCUT2D eigenvalue weighted by molar-refractivity contribution is 6.16. The van der Waals surface area contributed by atoms with Crippen molar-refractivity contribution in [3.8, 4) is 0 Å². The van der Waals surface area contributed by atoms with E-state index in [0.717, 1.165) is 6.29 Å². The smallest absolute Gasteiger partial charge is 0.210 e. The van der Waals surface area contributed by atoms with E-state index in [-0.39, 0.29) is 5.88 Å². The number of carbonyl (C=O) groups excluding carboxylic acids is 1. The molecule has 66 valence electrons. The zero-order chi connectivity index (χ0) is 9.26. The van der Waals surface area contributed by atoms with Gasteiger partial charge in [-0.2, -0.15) is 0 Å². The normalized spacial score (nSPS) is 10.5. The van der Waals surface area contributed by atoms with Crippen LogP contribution in [-0.4, -0.2) is 11.3 Å². The SMILES string of the molecule is O=Cc1ccc2oc(CCl)nc2c1. The summed E-state index contributed by atoms with van der Waals surface area (Å²) in [5.41, 5.74) is 1.91. The molecule has 0 aliphatic heterocycles. The van der Waals surface area contributed by atoms with Crippen LogP contribution in [0.1, 0.15) is 16.2 Å². The highest BCUT2D eigenvalue weighted by Gasteiger charge is 2.04. The number of benzene rings is 1. The van der Waals surface area contributed by atoms with Crippen molar-refractivity contribution in [2.24, 2.45) is 0 Å². The number of carbonyl (C=O) groups is 1. The van der Waals surface area contributed by atoms with Crippen LogP contribution < -0.4 is 0 Å². The van der Waals surface area contributed by atoms with Gasteiger partial charge in [-0.15, -0.1) is 11.6 Å². The number of halogens is 1. The van der Waals surface area contributed by atoms with Crippen molar-refractivity contribution >= 4 is 29.0 Å².